The minimum absolute atomic E-state index is 0.150. The molecule has 0 saturated carbocycles. The van der Waals surface area contributed by atoms with E-state index in [4.69, 9.17) is 0 Å². The molecule has 0 radical (unpaired) electrons. The molecule has 0 saturated heterocycles. The van der Waals surface area contributed by atoms with Crippen LogP contribution in [0.5, 0.6) is 0 Å². The number of carbonyl (C=O) groups excluding carboxylic acids is 1. The van der Waals surface area contributed by atoms with Crippen molar-refractivity contribution in [2.24, 2.45) is 0 Å². The number of hydrogen-bond donors (Lipinski definition) is 2. The first-order chi connectivity index (χ1) is 10.8. The van der Waals surface area contributed by atoms with E-state index in [1.807, 2.05) is 39.0 Å². The summed E-state index contributed by atoms with van der Waals surface area (Å²) in [6.07, 6.45) is 0. The monoisotopic (exact) mass is 332 g/mol. The lowest BCUT2D eigenvalue weighted by Crippen LogP contribution is -2.33. The van der Waals surface area contributed by atoms with Crippen molar-refractivity contribution in [3.05, 3.63) is 59.2 Å². The summed E-state index contributed by atoms with van der Waals surface area (Å²) in [6, 6.07) is 12.1. The first-order valence-electron chi connectivity index (χ1n) is 7.22. The summed E-state index contributed by atoms with van der Waals surface area (Å²) >= 11 is 0. The van der Waals surface area contributed by atoms with E-state index in [9.17, 15) is 13.2 Å². The highest BCUT2D eigenvalue weighted by atomic mass is 32.2. The van der Waals surface area contributed by atoms with Gasteiger partial charge < -0.3 is 5.32 Å². The first kappa shape index (κ1) is 17.2. The molecule has 23 heavy (non-hydrogen) atoms. The van der Waals surface area contributed by atoms with Crippen LogP contribution in [-0.2, 0) is 14.8 Å². The van der Waals surface area contributed by atoms with Gasteiger partial charge in [-0.25, -0.2) is 13.1 Å². The SMILES string of the molecule is Cc1cccc(S(=O)(=O)NCC(=O)Nc2cccc(C)c2C)c1. The lowest BCUT2D eigenvalue weighted by atomic mass is 10.1. The van der Waals surface area contributed by atoms with E-state index < -0.39 is 15.9 Å². The Bertz CT molecular complexity index is 829. The van der Waals surface area contributed by atoms with Gasteiger partial charge >= 0.3 is 0 Å². The Kier molecular flexibility index (Phi) is 5.18. The molecule has 2 N–H and O–H groups in total. The molecule has 0 aliphatic heterocycles. The number of carbonyl (C=O) groups is 1. The third-order valence-electron chi connectivity index (χ3n) is 3.60. The Balaban J connectivity index is 2.03. The summed E-state index contributed by atoms with van der Waals surface area (Å²) in [7, 11) is -3.70. The van der Waals surface area contributed by atoms with Crippen molar-refractivity contribution in [3.63, 3.8) is 0 Å². The van der Waals surface area contributed by atoms with Crippen molar-refractivity contribution in [1.82, 2.24) is 4.72 Å². The van der Waals surface area contributed by atoms with Gasteiger partial charge in [-0.2, -0.15) is 0 Å². The lowest BCUT2D eigenvalue weighted by molar-refractivity contribution is -0.115. The molecule has 0 aliphatic carbocycles. The van der Waals surface area contributed by atoms with Gasteiger partial charge in [-0.1, -0.05) is 24.3 Å². The largest absolute Gasteiger partial charge is 0.325 e. The molecular weight excluding hydrogens is 312 g/mol. The van der Waals surface area contributed by atoms with Crippen molar-refractivity contribution in [1.29, 1.82) is 0 Å². The topological polar surface area (TPSA) is 75.3 Å². The zero-order valence-electron chi connectivity index (χ0n) is 13.4. The molecule has 5 nitrogen and oxygen atoms in total. The van der Waals surface area contributed by atoms with Crippen LogP contribution in [0.25, 0.3) is 0 Å². The van der Waals surface area contributed by atoms with E-state index in [0.29, 0.717) is 5.69 Å². The molecule has 1 amide bonds. The standard InChI is InChI=1S/C17H20N2O3S/c1-12-6-4-8-15(10-12)23(21,22)18-11-17(20)19-16-9-5-7-13(2)14(16)3/h4-10,18H,11H2,1-3H3,(H,19,20). The predicted octanol–water partition coefficient (Wildman–Crippen LogP) is 2.53. The second kappa shape index (κ2) is 6.93. The van der Waals surface area contributed by atoms with Gasteiger partial charge in [0, 0.05) is 5.69 Å². The number of aryl methyl sites for hydroxylation is 2. The molecule has 122 valence electrons. The number of rotatable bonds is 5. The van der Waals surface area contributed by atoms with Gasteiger partial charge in [-0.15, -0.1) is 0 Å². The second-order valence-corrected chi connectivity index (χ2v) is 7.20. The maximum absolute atomic E-state index is 12.2. The molecule has 0 unspecified atom stereocenters. The van der Waals surface area contributed by atoms with E-state index in [1.54, 1.807) is 18.2 Å². The van der Waals surface area contributed by atoms with Crippen LogP contribution in [0.2, 0.25) is 0 Å². The van der Waals surface area contributed by atoms with E-state index in [1.165, 1.54) is 6.07 Å². The van der Waals surface area contributed by atoms with Gasteiger partial charge in [0.2, 0.25) is 15.9 Å². The Morgan fingerprint density at radius 2 is 1.74 bits per heavy atom. The summed E-state index contributed by atoms with van der Waals surface area (Å²) in [6.45, 7) is 5.35. The molecule has 2 aromatic carbocycles. The maximum Gasteiger partial charge on any atom is 0.241 e. The molecule has 6 heteroatoms. The average Bonchev–Trinajstić information content (AvgIpc) is 2.50. The number of benzene rings is 2. The van der Waals surface area contributed by atoms with Crippen molar-refractivity contribution < 1.29 is 13.2 Å². The van der Waals surface area contributed by atoms with Gasteiger partial charge in [-0.3, -0.25) is 4.79 Å². The Labute approximate surface area is 136 Å². The van der Waals surface area contributed by atoms with Gasteiger partial charge in [0.15, 0.2) is 0 Å². The molecule has 0 atom stereocenters. The third kappa shape index (κ3) is 4.40. The second-order valence-electron chi connectivity index (χ2n) is 5.44. The molecular formula is C17H20N2O3S. The molecule has 0 aromatic heterocycles. The van der Waals surface area contributed by atoms with Crippen LogP contribution in [0, 0.1) is 20.8 Å². The van der Waals surface area contributed by atoms with Crippen LogP contribution in [0.1, 0.15) is 16.7 Å². The zero-order chi connectivity index (χ0) is 17.0. The van der Waals surface area contributed by atoms with Crippen LogP contribution < -0.4 is 10.0 Å². The van der Waals surface area contributed by atoms with Crippen LogP contribution in [0.3, 0.4) is 0 Å². The smallest absolute Gasteiger partial charge is 0.241 e. The molecule has 2 rings (SSSR count). The average molecular weight is 332 g/mol. The minimum atomic E-state index is -3.70. The van der Waals surface area contributed by atoms with Crippen molar-refractivity contribution >= 4 is 21.6 Å². The Hall–Kier alpha value is -2.18. The highest BCUT2D eigenvalue weighted by molar-refractivity contribution is 7.89. The third-order valence-corrected chi connectivity index (χ3v) is 5.00. The van der Waals surface area contributed by atoms with Crippen molar-refractivity contribution in [2.45, 2.75) is 25.7 Å². The van der Waals surface area contributed by atoms with Crippen molar-refractivity contribution in [3.8, 4) is 0 Å². The normalized spacial score (nSPS) is 11.3. The summed E-state index contributed by atoms with van der Waals surface area (Å²) in [4.78, 5) is 12.1. The van der Waals surface area contributed by atoms with E-state index in [0.717, 1.165) is 16.7 Å². The molecule has 0 fully saturated rings. The van der Waals surface area contributed by atoms with Gasteiger partial charge in [0.1, 0.15) is 0 Å². The molecule has 0 spiro atoms. The van der Waals surface area contributed by atoms with Crippen LogP contribution in [-0.4, -0.2) is 20.9 Å². The van der Waals surface area contributed by atoms with E-state index >= 15 is 0 Å². The van der Waals surface area contributed by atoms with Crippen molar-refractivity contribution in [2.75, 3.05) is 11.9 Å². The maximum atomic E-state index is 12.2. The fourth-order valence-electron chi connectivity index (χ4n) is 2.11. The first-order valence-corrected chi connectivity index (χ1v) is 8.70. The van der Waals surface area contributed by atoms with E-state index in [2.05, 4.69) is 10.0 Å². The summed E-state index contributed by atoms with van der Waals surface area (Å²) in [5.41, 5.74) is 3.54. The molecule has 2 aromatic rings. The van der Waals surface area contributed by atoms with Crippen LogP contribution in [0.15, 0.2) is 47.4 Å². The number of nitrogens with one attached hydrogen (secondary N) is 2. The number of sulfonamides is 1. The highest BCUT2D eigenvalue weighted by Gasteiger charge is 2.16. The van der Waals surface area contributed by atoms with Gasteiger partial charge in [0.05, 0.1) is 11.4 Å². The molecule has 0 aliphatic rings. The van der Waals surface area contributed by atoms with Crippen LogP contribution >= 0.6 is 0 Å². The lowest BCUT2D eigenvalue weighted by Gasteiger charge is -2.11. The van der Waals surface area contributed by atoms with Crippen LogP contribution in [0.4, 0.5) is 5.69 Å². The molecule has 0 heterocycles. The van der Waals surface area contributed by atoms with Gasteiger partial charge in [0.25, 0.3) is 0 Å². The Morgan fingerprint density at radius 3 is 2.43 bits per heavy atom. The summed E-state index contributed by atoms with van der Waals surface area (Å²) in [5.74, 6) is -0.407. The highest BCUT2D eigenvalue weighted by Crippen LogP contribution is 2.17. The number of amides is 1. The summed E-state index contributed by atoms with van der Waals surface area (Å²) < 4.78 is 26.7. The zero-order valence-corrected chi connectivity index (χ0v) is 14.2. The summed E-state index contributed by atoms with van der Waals surface area (Å²) in [5, 5.41) is 2.72. The molecule has 0 bridgehead atoms. The Morgan fingerprint density at radius 1 is 1.04 bits per heavy atom. The van der Waals surface area contributed by atoms with Gasteiger partial charge in [-0.05, 0) is 55.7 Å². The number of hydrogen-bond acceptors (Lipinski definition) is 3. The fourth-order valence-corrected chi connectivity index (χ4v) is 3.19. The number of anilines is 1. The fraction of sp³-hybridized carbons (Fsp3) is 0.235. The van der Waals surface area contributed by atoms with E-state index in [-0.39, 0.29) is 11.4 Å². The minimum Gasteiger partial charge on any atom is -0.325 e. The predicted molar refractivity (Wildman–Crippen MR) is 90.9 cm³/mol. The quantitative estimate of drug-likeness (QED) is 0.883.